The van der Waals surface area contributed by atoms with Crippen LogP contribution < -0.4 is 15.4 Å². The fourth-order valence-electron chi connectivity index (χ4n) is 7.07. The Labute approximate surface area is 243 Å². The Bertz CT molecular complexity index is 992. The van der Waals surface area contributed by atoms with E-state index in [0.29, 0.717) is 35.7 Å². The fourth-order valence-corrected chi connectivity index (χ4v) is 7.07. The summed E-state index contributed by atoms with van der Waals surface area (Å²) < 4.78 is 6.34. The standard InChI is InChI=1S/C34H55N3O3/c1-6-8-12-25(13-9-7-2)30-15-11-19-37(30)33(39)26-21-29(28-16-17-34(4,5)23-40-31(28)22-26)32(38)36-24(3)20-27-14-10-18-35-27/h21-22,24-25,27,30,35H,6-20,23H2,1-5H3,(H,36,38)/t24-,27+,30?/m0/s1. The number of hydrogen-bond acceptors (Lipinski definition) is 4. The Morgan fingerprint density at radius 1 is 1.12 bits per heavy atom. The lowest BCUT2D eigenvalue weighted by Gasteiger charge is -2.32. The van der Waals surface area contributed by atoms with Crippen LogP contribution in [0.1, 0.15) is 138 Å². The average Bonchev–Trinajstić information content (AvgIpc) is 3.60. The molecule has 0 saturated carbocycles. The lowest BCUT2D eigenvalue weighted by atomic mass is 9.86. The van der Waals surface area contributed by atoms with E-state index in [1.165, 1.54) is 44.9 Å². The third kappa shape index (κ3) is 7.80. The van der Waals surface area contributed by atoms with Gasteiger partial charge in [-0.2, -0.15) is 0 Å². The Hall–Kier alpha value is -2.08. The summed E-state index contributed by atoms with van der Waals surface area (Å²) in [7, 11) is 0. The molecule has 3 aliphatic heterocycles. The molecule has 40 heavy (non-hydrogen) atoms. The number of nitrogens with zero attached hydrogens (tertiary/aromatic N) is 1. The van der Waals surface area contributed by atoms with E-state index in [-0.39, 0.29) is 23.3 Å². The number of carbonyl (C=O) groups excluding carboxylic acids is 2. The Kier molecular flexibility index (Phi) is 11.0. The number of amides is 2. The molecule has 6 nitrogen and oxygen atoms in total. The fraction of sp³-hybridized carbons (Fsp3) is 0.765. The van der Waals surface area contributed by atoms with Crippen molar-refractivity contribution in [2.75, 3.05) is 19.7 Å². The van der Waals surface area contributed by atoms with Crippen molar-refractivity contribution in [2.45, 2.75) is 136 Å². The molecular weight excluding hydrogens is 498 g/mol. The highest BCUT2D eigenvalue weighted by atomic mass is 16.5. The molecule has 2 N–H and O–H groups in total. The second-order valence-corrected chi connectivity index (χ2v) is 13.6. The molecule has 224 valence electrons. The first-order valence-corrected chi connectivity index (χ1v) is 16.4. The maximum Gasteiger partial charge on any atom is 0.254 e. The molecule has 3 aliphatic rings. The number of fused-ring (bicyclic) bond motifs is 1. The van der Waals surface area contributed by atoms with E-state index in [2.05, 4.69) is 50.2 Å². The molecule has 1 unspecified atom stereocenters. The topological polar surface area (TPSA) is 70.7 Å². The first-order chi connectivity index (χ1) is 19.2. The van der Waals surface area contributed by atoms with Gasteiger partial charge in [-0.05, 0) is 94.7 Å². The zero-order valence-corrected chi connectivity index (χ0v) is 25.9. The molecule has 0 aliphatic carbocycles. The van der Waals surface area contributed by atoms with E-state index in [9.17, 15) is 9.59 Å². The van der Waals surface area contributed by atoms with Crippen LogP contribution in [0.5, 0.6) is 5.75 Å². The smallest absolute Gasteiger partial charge is 0.254 e. The second kappa shape index (κ2) is 14.2. The minimum atomic E-state index is -0.0820. The molecule has 1 aromatic rings. The second-order valence-electron chi connectivity index (χ2n) is 13.6. The van der Waals surface area contributed by atoms with Gasteiger partial charge >= 0.3 is 0 Å². The molecule has 0 bridgehead atoms. The van der Waals surface area contributed by atoms with Gasteiger partial charge in [-0.25, -0.2) is 0 Å². The van der Waals surface area contributed by atoms with Crippen LogP contribution in [0.3, 0.4) is 0 Å². The number of hydrogen-bond donors (Lipinski definition) is 2. The number of ether oxygens (including phenoxy) is 1. The predicted molar refractivity (Wildman–Crippen MR) is 163 cm³/mol. The van der Waals surface area contributed by atoms with Crippen molar-refractivity contribution in [3.05, 3.63) is 28.8 Å². The van der Waals surface area contributed by atoms with Gasteiger partial charge in [0.2, 0.25) is 0 Å². The SMILES string of the molecule is CCCCC(CCCC)C1CCCN1C(=O)c1cc2c(c(C(=O)N[C@@H](C)C[C@H]3CCCN3)c1)CCC(C)(C)CO2. The van der Waals surface area contributed by atoms with Gasteiger partial charge in [-0.15, -0.1) is 0 Å². The van der Waals surface area contributed by atoms with Crippen LogP contribution in [0.15, 0.2) is 12.1 Å². The molecule has 4 rings (SSSR count). The first-order valence-electron chi connectivity index (χ1n) is 16.4. The van der Waals surface area contributed by atoms with Gasteiger partial charge in [-0.1, -0.05) is 53.4 Å². The number of likely N-dealkylation sites (tertiary alicyclic amines) is 1. The average molecular weight is 554 g/mol. The molecule has 0 aromatic heterocycles. The first kappa shape index (κ1) is 30.9. The van der Waals surface area contributed by atoms with Gasteiger partial charge in [0.1, 0.15) is 5.75 Å². The van der Waals surface area contributed by atoms with E-state index in [1.54, 1.807) is 0 Å². The van der Waals surface area contributed by atoms with E-state index in [4.69, 9.17) is 4.74 Å². The monoisotopic (exact) mass is 553 g/mol. The number of carbonyl (C=O) groups is 2. The van der Waals surface area contributed by atoms with Crippen molar-refractivity contribution in [1.29, 1.82) is 0 Å². The third-order valence-electron chi connectivity index (χ3n) is 9.51. The van der Waals surface area contributed by atoms with Gasteiger partial charge < -0.3 is 20.3 Å². The van der Waals surface area contributed by atoms with Crippen LogP contribution in [-0.4, -0.2) is 54.5 Å². The maximum atomic E-state index is 14.2. The molecule has 0 radical (unpaired) electrons. The highest BCUT2D eigenvalue weighted by Crippen LogP contribution is 2.37. The molecule has 2 saturated heterocycles. The zero-order chi connectivity index (χ0) is 28.7. The van der Waals surface area contributed by atoms with Crippen LogP contribution in [0, 0.1) is 11.3 Å². The predicted octanol–water partition coefficient (Wildman–Crippen LogP) is 6.90. The van der Waals surface area contributed by atoms with Crippen LogP contribution in [0.25, 0.3) is 0 Å². The maximum absolute atomic E-state index is 14.2. The molecule has 3 heterocycles. The summed E-state index contributed by atoms with van der Waals surface area (Å²) in [5.74, 6) is 1.25. The number of rotatable bonds is 12. The Morgan fingerprint density at radius 2 is 1.88 bits per heavy atom. The van der Waals surface area contributed by atoms with Gasteiger partial charge in [0, 0.05) is 41.4 Å². The Balaban J connectivity index is 1.60. The van der Waals surface area contributed by atoms with E-state index < -0.39 is 0 Å². The molecule has 2 fully saturated rings. The van der Waals surface area contributed by atoms with Crippen LogP contribution in [0.4, 0.5) is 0 Å². The number of unbranched alkanes of at least 4 members (excludes halogenated alkanes) is 2. The summed E-state index contributed by atoms with van der Waals surface area (Å²) >= 11 is 0. The van der Waals surface area contributed by atoms with E-state index in [1.807, 2.05) is 12.1 Å². The van der Waals surface area contributed by atoms with Gasteiger partial charge in [0.25, 0.3) is 11.8 Å². The summed E-state index contributed by atoms with van der Waals surface area (Å²) in [4.78, 5) is 30.1. The third-order valence-corrected chi connectivity index (χ3v) is 9.51. The normalized spacial score (nSPS) is 23.0. The quantitative estimate of drug-likeness (QED) is 0.295. The molecule has 3 atom stereocenters. The lowest BCUT2D eigenvalue weighted by Crippen LogP contribution is -2.40. The molecule has 6 heteroatoms. The summed E-state index contributed by atoms with van der Waals surface area (Å²) in [6.45, 7) is 13.5. The summed E-state index contributed by atoms with van der Waals surface area (Å²) in [5, 5.41) is 6.80. The number of benzene rings is 1. The van der Waals surface area contributed by atoms with Gasteiger partial charge in [-0.3, -0.25) is 9.59 Å². The highest BCUT2D eigenvalue weighted by molar-refractivity contribution is 6.02. The van der Waals surface area contributed by atoms with Crippen molar-refractivity contribution >= 4 is 11.8 Å². The minimum Gasteiger partial charge on any atom is -0.493 e. The summed E-state index contributed by atoms with van der Waals surface area (Å²) in [6.07, 6.45) is 14.3. The zero-order valence-electron chi connectivity index (χ0n) is 25.9. The van der Waals surface area contributed by atoms with Gasteiger partial charge in [0.05, 0.1) is 6.61 Å². The summed E-state index contributed by atoms with van der Waals surface area (Å²) in [5.41, 5.74) is 2.19. The van der Waals surface area contributed by atoms with Crippen LogP contribution in [-0.2, 0) is 6.42 Å². The van der Waals surface area contributed by atoms with Crippen LogP contribution >= 0.6 is 0 Å². The molecule has 1 aromatic carbocycles. The Morgan fingerprint density at radius 3 is 2.55 bits per heavy atom. The molecule has 0 spiro atoms. The minimum absolute atomic E-state index is 0.0181. The van der Waals surface area contributed by atoms with Crippen molar-refractivity contribution in [3.63, 3.8) is 0 Å². The molecule has 2 amide bonds. The number of nitrogens with one attached hydrogen (secondary N) is 2. The largest absolute Gasteiger partial charge is 0.493 e. The summed E-state index contributed by atoms with van der Waals surface area (Å²) in [6, 6.07) is 4.62. The van der Waals surface area contributed by atoms with Crippen molar-refractivity contribution in [1.82, 2.24) is 15.5 Å². The molecular formula is C34H55N3O3. The van der Waals surface area contributed by atoms with Crippen molar-refractivity contribution in [2.24, 2.45) is 11.3 Å². The van der Waals surface area contributed by atoms with Gasteiger partial charge in [0.15, 0.2) is 0 Å². The highest BCUT2D eigenvalue weighted by Gasteiger charge is 2.36. The van der Waals surface area contributed by atoms with E-state index >= 15 is 0 Å². The van der Waals surface area contributed by atoms with Crippen molar-refractivity contribution in [3.8, 4) is 5.75 Å². The van der Waals surface area contributed by atoms with Crippen LogP contribution in [0.2, 0.25) is 0 Å². The van der Waals surface area contributed by atoms with Crippen molar-refractivity contribution < 1.29 is 14.3 Å². The lowest BCUT2D eigenvalue weighted by molar-refractivity contribution is 0.0672. The van der Waals surface area contributed by atoms with E-state index in [0.717, 1.165) is 62.9 Å².